The van der Waals surface area contributed by atoms with E-state index in [0.717, 1.165) is 18.3 Å². The van der Waals surface area contributed by atoms with E-state index < -0.39 is 4.92 Å². The van der Waals surface area contributed by atoms with Crippen molar-refractivity contribution in [1.82, 2.24) is 8.75 Å². The topological polar surface area (TPSA) is 81.0 Å². The molecule has 0 aliphatic carbocycles. The number of aromatic nitrogens is 2. The van der Waals surface area contributed by atoms with E-state index in [1.54, 1.807) is 12.1 Å². The number of nitrogens with one attached hydrogen (secondary N) is 1. The maximum atomic E-state index is 10.7. The van der Waals surface area contributed by atoms with Gasteiger partial charge in [0.05, 0.1) is 16.7 Å². The van der Waals surface area contributed by atoms with Crippen molar-refractivity contribution in [3.8, 4) is 11.3 Å². The standard InChI is InChI=1S/C10H10N4O2S/c1-2-11-10-9(12-17-13-10)7-4-3-5-8(6-7)14(15)16/h3-6H,2H2,1H3,(H,11,13). The van der Waals surface area contributed by atoms with E-state index in [1.165, 1.54) is 12.1 Å². The van der Waals surface area contributed by atoms with Crippen molar-refractivity contribution < 1.29 is 4.92 Å². The second kappa shape index (κ2) is 4.88. The Hall–Kier alpha value is -2.02. The van der Waals surface area contributed by atoms with Crippen LogP contribution < -0.4 is 5.32 Å². The molecule has 1 aromatic heterocycles. The molecule has 2 rings (SSSR count). The molecule has 0 unspecified atom stereocenters. The largest absolute Gasteiger partial charge is 0.368 e. The van der Waals surface area contributed by atoms with E-state index in [-0.39, 0.29) is 5.69 Å². The fourth-order valence-electron chi connectivity index (χ4n) is 1.43. The van der Waals surface area contributed by atoms with Crippen LogP contribution in [0.5, 0.6) is 0 Å². The lowest BCUT2D eigenvalue weighted by atomic mass is 10.1. The molecule has 2 aromatic rings. The predicted molar refractivity (Wildman–Crippen MR) is 66.2 cm³/mol. The van der Waals surface area contributed by atoms with Crippen LogP contribution in [0.1, 0.15) is 6.92 Å². The molecular weight excluding hydrogens is 240 g/mol. The van der Waals surface area contributed by atoms with Gasteiger partial charge in [0.1, 0.15) is 5.69 Å². The molecule has 6 nitrogen and oxygen atoms in total. The first-order valence-electron chi connectivity index (χ1n) is 5.03. The number of hydrogen-bond donors (Lipinski definition) is 1. The third kappa shape index (κ3) is 2.39. The average Bonchev–Trinajstić information content (AvgIpc) is 2.78. The highest BCUT2D eigenvalue weighted by molar-refractivity contribution is 6.99. The summed E-state index contributed by atoms with van der Waals surface area (Å²) in [5.41, 5.74) is 1.40. The van der Waals surface area contributed by atoms with E-state index in [4.69, 9.17) is 0 Å². The minimum atomic E-state index is -0.420. The monoisotopic (exact) mass is 250 g/mol. The fraction of sp³-hybridized carbons (Fsp3) is 0.200. The average molecular weight is 250 g/mol. The van der Waals surface area contributed by atoms with E-state index >= 15 is 0 Å². The van der Waals surface area contributed by atoms with Crippen molar-refractivity contribution in [2.45, 2.75) is 6.92 Å². The van der Waals surface area contributed by atoms with Crippen molar-refractivity contribution in [1.29, 1.82) is 0 Å². The van der Waals surface area contributed by atoms with Crippen molar-refractivity contribution in [3.63, 3.8) is 0 Å². The maximum absolute atomic E-state index is 10.7. The zero-order chi connectivity index (χ0) is 12.3. The molecule has 7 heteroatoms. The number of rotatable bonds is 4. The summed E-state index contributed by atoms with van der Waals surface area (Å²) in [6.45, 7) is 2.68. The van der Waals surface area contributed by atoms with Gasteiger partial charge in [-0.2, -0.15) is 8.75 Å². The summed E-state index contributed by atoms with van der Waals surface area (Å²) in [6, 6.07) is 6.38. The number of benzene rings is 1. The van der Waals surface area contributed by atoms with Gasteiger partial charge in [-0.3, -0.25) is 10.1 Å². The normalized spacial score (nSPS) is 10.2. The van der Waals surface area contributed by atoms with Crippen LogP contribution in [0.25, 0.3) is 11.3 Å². The summed E-state index contributed by atoms with van der Waals surface area (Å²) in [5.74, 6) is 0.665. The van der Waals surface area contributed by atoms with Crippen molar-refractivity contribution in [3.05, 3.63) is 34.4 Å². The SMILES string of the molecule is CCNc1nsnc1-c1cccc([N+](=O)[O-])c1. The third-order valence-corrected chi connectivity index (χ3v) is 2.69. The molecular formula is C10H10N4O2S. The van der Waals surface area contributed by atoms with Gasteiger partial charge in [0.15, 0.2) is 5.82 Å². The summed E-state index contributed by atoms with van der Waals surface area (Å²) in [7, 11) is 0. The fourth-order valence-corrected chi connectivity index (χ4v) is 1.98. The van der Waals surface area contributed by atoms with E-state index in [0.29, 0.717) is 17.1 Å². The molecule has 0 aliphatic heterocycles. The minimum absolute atomic E-state index is 0.0537. The molecule has 0 amide bonds. The molecule has 0 spiro atoms. The number of nitro benzene ring substituents is 1. The summed E-state index contributed by atoms with van der Waals surface area (Å²) >= 11 is 1.08. The lowest BCUT2D eigenvalue weighted by Gasteiger charge is -2.01. The summed E-state index contributed by atoms with van der Waals surface area (Å²) in [5, 5.41) is 13.8. The Morgan fingerprint density at radius 3 is 3.00 bits per heavy atom. The van der Waals surface area contributed by atoms with Crippen LogP contribution in [0, 0.1) is 10.1 Å². The van der Waals surface area contributed by atoms with Crippen LogP contribution in [-0.4, -0.2) is 20.2 Å². The molecule has 17 heavy (non-hydrogen) atoms. The number of hydrogen-bond acceptors (Lipinski definition) is 6. The van der Waals surface area contributed by atoms with Crippen LogP contribution in [-0.2, 0) is 0 Å². The molecule has 0 radical (unpaired) electrons. The van der Waals surface area contributed by atoms with Crippen LogP contribution in [0.2, 0.25) is 0 Å². The molecule has 1 heterocycles. The Morgan fingerprint density at radius 1 is 1.47 bits per heavy atom. The number of anilines is 1. The van der Waals surface area contributed by atoms with Gasteiger partial charge < -0.3 is 5.32 Å². The first-order chi connectivity index (χ1) is 8.22. The van der Waals surface area contributed by atoms with Gasteiger partial charge >= 0.3 is 0 Å². The van der Waals surface area contributed by atoms with Gasteiger partial charge in [-0.1, -0.05) is 12.1 Å². The van der Waals surface area contributed by atoms with E-state index in [1.807, 2.05) is 6.92 Å². The lowest BCUT2D eigenvalue weighted by Crippen LogP contribution is -1.98. The smallest absolute Gasteiger partial charge is 0.270 e. The van der Waals surface area contributed by atoms with E-state index in [9.17, 15) is 10.1 Å². The third-order valence-electron chi connectivity index (χ3n) is 2.16. The van der Waals surface area contributed by atoms with Gasteiger partial charge in [0, 0.05) is 24.2 Å². The Labute approximate surface area is 102 Å². The predicted octanol–water partition coefficient (Wildman–Crippen LogP) is 2.55. The van der Waals surface area contributed by atoms with Gasteiger partial charge in [0.2, 0.25) is 0 Å². The second-order valence-electron chi connectivity index (χ2n) is 3.30. The highest BCUT2D eigenvalue weighted by Crippen LogP contribution is 2.28. The van der Waals surface area contributed by atoms with Gasteiger partial charge in [-0.15, -0.1) is 0 Å². The van der Waals surface area contributed by atoms with Crippen molar-refractivity contribution in [2.75, 3.05) is 11.9 Å². The van der Waals surface area contributed by atoms with Gasteiger partial charge in [-0.05, 0) is 6.92 Å². The van der Waals surface area contributed by atoms with Crippen LogP contribution >= 0.6 is 11.7 Å². The zero-order valence-corrected chi connectivity index (χ0v) is 9.90. The minimum Gasteiger partial charge on any atom is -0.368 e. The summed E-state index contributed by atoms with van der Waals surface area (Å²) in [6.07, 6.45) is 0. The number of nitro groups is 1. The lowest BCUT2D eigenvalue weighted by molar-refractivity contribution is -0.384. The molecule has 0 fully saturated rings. The van der Waals surface area contributed by atoms with Crippen LogP contribution in [0.3, 0.4) is 0 Å². The van der Waals surface area contributed by atoms with Gasteiger partial charge in [-0.25, -0.2) is 0 Å². The van der Waals surface area contributed by atoms with Crippen molar-refractivity contribution in [2.24, 2.45) is 0 Å². The Morgan fingerprint density at radius 2 is 2.29 bits per heavy atom. The molecule has 0 saturated carbocycles. The Bertz CT molecular complexity index is 541. The molecule has 0 bridgehead atoms. The van der Waals surface area contributed by atoms with E-state index in [2.05, 4.69) is 14.1 Å². The number of non-ortho nitro benzene ring substituents is 1. The summed E-state index contributed by atoms with van der Waals surface area (Å²) < 4.78 is 8.26. The zero-order valence-electron chi connectivity index (χ0n) is 9.08. The summed E-state index contributed by atoms with van der Waals surface area (Å²) in [4.78, 5) is 10.3. The van der Waals surface area contributed by atoms with Crippen LogP contribution in [0.15, 0.2) is 24.3 Å². The Balaban J connectivity index is 2.42. The second-order valence-corrected chi connectivity index (χ2v) is 3.83. The van der Waals surface area contributed by atoms with Crippen LogP contribution in [0.4, 0.5) is 11.5 Å². The van der Waals surface area contributed by atoms with Crippen molar-refractivity contribution >= 4 is 23.2 Å². The van der Waals surface area contributed by atoms with Gasteiger partial charge in [0.25, 0.3) is 5.69 Å². The quantitative estimate of drug-likeness (QED) is 0.666. The molecule has 0 atom stereocenters. The Kier molecular flexibility index (Phi) is 3.29. The number of nitrogens with zero attached hydrogens (tertiary/aromatic N) is 3. The molecule has 0 aliphatic rings. The first kappa shape index (κ1) is 11.5. The molecule has 1 N–H and O–H groups in total. The highest BCUT2D eigenvalue weighted by atomic mass is 32.1. The molecule has 1 aromatic carbocycles. The maximum Gasteiger partial charge on any atom is 0.270 e. The molecule has 0 saturated heterocycles. The first-order valence-corrected chi connectivity index (χ1v) is 5.76. The highest BCUT2D eigenvalue weighted by Gasteiger charge is 2.13. The molecule has 88 valence electrons.